The molecule has 14 rings (SSSR count). The number of furan rings is 2. The van der Waals surface area contributed by atoms with E-state index in [4.69, 9.17) is 52.6 Å². The summed E-state index contributed by atoms with van der Waals surface area (Å²) in [6, 6.07) is 72.5. The SMILES string of the molecule is CO.CO.O=S(=O)(O)C(F)(F)F.[2H]C([2H])([2H])C([2H])(C)c1cnc(-c2cccc3c2oc2nc(C)ccc23)cc1C.[2H]C([2H])([2H])c1ccc2c(n1)oc1c(-c3cc(C([2H])([2H])[2H])c(C([2H])(C)C([2H])([2H])[2H])cn3)[c-]ccc12.[2H]CF.[Ir].[Ir].[c-]1ccccc1-c1ccccn1.[c-]1ccccc1-c1ccccn1.[c-]1ccccc1-c1ccccn1. The quantitative estimate of drug-likeness (QED) is 0.0587. The number of fused-ring (bicyclic) bond motifs is 6. The van der Waals surface area contributed by atoms with Gasteiger partial charge in [0.05, 0.1) is 19.8 Å². The molecule has 14 aromatic rings. The zero-order chi connectivity index (χ0) is 83.9. The third-order valence-corrected chi connectivity index (χ3v) is 14.0. The minimum atomic E-state index is -5.84. The first kappa shape index (κ1) is 61.7. The zero-order valence-electron chi connectivity index (χ0n) is 69.3. The Morgan fingerprint density at radius 1 is 0.490 bits per heavy atom. The molecule has 21 heteroatoms. The first-order valence-corrected chi connectivity index (χ1v) is 30.6. The largest absolute Gasteiger partial charge is 0.522 e. The van der Waals surface area contributed by atoms with Gasteiger partial charge in [0.1, 0.15) is 5.58 Å². The standard InChI is InChI=1S/C21H20N2O.C21H19N2O.3C11H8N.CHF3O3S.CH3F.2CH4O.2Ir/c2*1-12(2)18-11-22-19(10-13(18)3)17-7-5-6-15-16-9-8-14(4)23-21(16)24-20(15)17;3*1-2-6-10(7-3-1)11-8-4-5-9-12-11;2-1(3,4)8(5,6)7;3*1-2;;/h5-12H,1-4H3;5-6,8-12H,1-4H3;3*1-6,8-9H;(H,5,6,7);1H3;2*2H,1H3;;/q;4*-1;;;;;;/i1D3,12D;1D3,3D3,4D3,12D;;;;;1D;;;;. The van der Waals surface area contributed by atoms with Crippen molar-refractivity contribution in [3.05, 3.63) is 283 Å². The van der Waals surface area contributed by atoms with Gasteiger partial charge in [-0.1, -0.05) is 98.7 Å². The number of aryl methyl sites for hydroxylation is 4. The summed E-state index contributed by atoms with van der Waals surface area (Å²) < 4.78 is 194. The second-order valence-corrected chi connectivity index (χ2v) is 21.4. The van der Waals surface area contributed by atoms with Gasteiger partial charge in [-0.15, -0.1) is 126 Å². The Kier molecular flexibility index (Phi) is 25.4. The molecule has 0 bridgehead atoms. The average molecular weight is 1740 g/mol. The summed E-state index contributed by atoms with van der Waals surface area (Å²) in [7, 11) is -4.84. The molecule has 3 N–H and O–H groups in total. The van der Waals surface area contributed by atoms with Gasteiger partial charge in [-0.05, 0) is 133 Å². The van der Waals surface area contributed by atoms with Crippen LogP contribution in [0, 0.1) is 51.8 Å². The van der Waals surface area contributed by atoms with Crippen LogP contribution in [-0.2, 0) is 50.3 Å². The minimum absolute atomic E-state index is 0. The first-order chi connectivity index (χ1) is 53.2. The predicted molar refractivity (Wildman–Crippen MR) is 382 cm³/mol. The molecule has 0 aliphatic carbocycles. The molecule has 0 saturated heterocycles. The van der Waals surface area contributed by atoms with Gasteiger partial charge in [0.15, 0.2) is 0 Å². The van der Waals surface area contributed by atoms with Gasteiger partial charge in [0.2, 0.25) is 11.4 Å². The summed E-state index contributed by atoms with van der Waals surface area (Å²) in [4.78, 5) is 30.0. The van der Waals surface area contributed by atoms with Crippen LogP contribution in [0.25, 0.3) is 100 Å². The number of alkyl halides is 4. The molecule has 0 saturated carbocycles. The maximum absolute atomic E-state index is 10.7. The van der Waals surface area contributed by atoms with Crippen molar-refractivity contribution in [3.8, 4) is 56.3 Å². The van der Waals surface area contributed by atoms with E-state index in [9.17, 15) is 17.6 Å². The van der Waals surface area contributed by atoms with Crippen molar-refractivity contribution in [3.63, 3.8) is 0 Å². The number of pyridine rings is 7. The molecule has 9 heterocycles. The fourth-order valence-electron chi connectivity index (χ4n) is 9.00. The zero-order valence-corrected chi connectivity index (χ0v) is 59.9. The van der Waals surface area contributed by atoms with Gasteiger partial charge in [-0.25, -0.2) is 9.97 Å². The third-order valence-electron chi connectivity index (χ3n) is 13.4. The van der Waals surface area contributed by atoms with Crippen LogP contribution in [0.15, 0.2) is 234 Å². The molecular weight excluding hydrogens is 1650 g/mol. The molecule has 9 aromatic heterocycles. The van der Waals surface area contributed by atoms with Crippen LogP contribution in [0.1, 0.15) is 93.5 Å². The molecule has 0 aliphatic heterocycles. The normalized spacial score (nSPS) is 14.3. The van der Waals surface area contributed by atoms with E-state index in [2.05, 4.69) is 59.2 Å². The van der Waals surface area contributed by atoms with Crippen LogP contribution in [0.4, 0.5) is 17.6 Å². The Morgan fingerprint density at radius 2 is 0.920 bits per heavy atom. The topological polar surface area (TPSA) is 211 Å². The van der Waals surface area contributed by atoms with Crippen LogP contribution in [0.3, 0.4) is 0 Å². The maximum Gasteiger partial charge on any atom is 0.522 e. The summed E-state index contributed by atoms with van der Waals surface area (Å²) in [5.74, 6) is -3.93. The van der Waals surface area contributed by atoms with Gasteiger partial charge >= 0.3 is 15.6 Å². The van der Waals surface area contributed by atoms with E-state index in [-0.39, 0.29) is 74.0 Å². The molecule has 524 valence electrons. The third kappa shape index (κ3) is 23.1. The number of aliphatic hydroxyl groups is 2. The van der Waals surface area contributed by atoms with Gasteiger partial charge in [-0.2, -0.15) is 21.6 Å². The van der Waals surface area contributed by atoms with E-state index >= 15 is 0 Å². The molecule has 100 heavy (non-hydrogen) atoms. The number of rotatable bonds is 7. The number of halogens is 4. The van der Waals surface area contributed by atoms with Gasteiger partial charge in [-0.3, -0.25) is 13.9 Å². The number of nitrogens with zero attached hydrogens (tertiary/aromatic N) is 7. The molecule has 2 radical (unpaired) electrons. The number of aromatic nitrogens is 7. The van der Waals surface area contributed by atoms with Crippen molar-refractivity contribution in [2.45, 2.75) is 72.4 Å². The smallest absolute Gasteiger partial charge is 0.486 e. The second kappa shape index (κ2) is 41.2. The van der Waals surface area contributed by atoms with Crippen LogP contribution >= 0.6 is 0 Å². The number of hydrogen-bond acceptors (Lipinski definition) is 13. The van der Waals surface area contributed by atoms with E-state index in [0.29, 0.717) is 44.5 Å². The second-order valence-electron chi connectivity index (χ2n) is 20.0. The molecule has 0 fully saturated rings. The van der Waals surface area contributed by atoms with E-state index in [1.165, 1.54) is 25.3 Å². The van der Waals surface area contributed by atoms with E-state index in [1.54, 1.807) is 36.8 Å². The summed E-state index contributed by atoms with van der Waals surface area (Å²) in [6.45, 7) is -4.10. The molecule has 0 spiro atoms. The van der Waals surface area contributed by atoms with Crippen LogP contribution in [0.2, 0.25) is 0 Å². The van der Waals surface area contributed by atoms with Crippen molar-refractivity contribution in [2.24, 2.45) is 0 Å². The molecule has 2 atom stereocenters. The molecule has 5 aromatic carbocycles. The molecule has 0 amide bonds. The molecular formula is C79H75F4Ir2N7O7S-4. The Hall–Kier alpha value is -9.40. The Morgan fingerprint density at radius 3 is 1.34 bits per heavy atom. The Balaban J connectivity index is 0.000000305. The Labute approximate surface area is 629 Å². The van der Waals surface area contributed by atoms with E-state index in [0.717, 1.165) is 83.1 Å². The maximum atomic E-state index is 10.7. The molecule has 0 aliphatic rings. The minimum Gasteiger partial charge on any atom is -0.486 e. The first-order valence-electron chi connectivity index (χ1n) is 36.8. The number of aliphatic hydroxyl groups excluding tert-OH is 2. The number of benzene rings is 5. The average Bonchev–Trinajstić information content (AvgIpc) is 1.72. The summed E-state index contributed by atoms with van der Waals surface area (Å²) in [5.41, 5.74) is 5.38. The van der Waals surface area contributed by atoms with Crippen LogP contribution < -0.4 is 0 Å². The van der Waals surface area contributed by atoms with E-state index in [1.807, 2.05) is 178 Å². The summed E-state index contributed by atoms with van der Waals surface area (Å²) >= 11 is 0. The van der Waals surface area contributed by atoms with Crippen molar-refractivity contribution in [2.75, 3.05) is 21.4 Å². The molecule has 14 nitrogen and oxygen atoms in total. The Bertz CT molecular complexity index is 5170. The van der Waals surface area contributed by atoms with Gasteiger partial charge in [0, 0.05) is 138 Å². The van der Waals surface area contributed by atoms with E-state index < -0.39 is 62.0 Å². The van der Waals surface area contributed by atoms with Crippen molar-refractivity contribution >= 4 is 54.3 Å². The molecule has 2 unspecified atom stereocenters. The summed E-state index contributed by atoms with van der Waals surface area (Å²) in [6.07, 6.45) is 7.95. The monoisotopic (exact) mass is 1740 g/mol. The van der Waals surface area contributed by atoms with Crippen molar-refractivity contribution in [1.82, 2.24) is 34.9 Å². The number of para-hydroxylation sites is 1. The van der Waals surface area contributed by atoms with Crippen molar-refractivity contribution in [1.29, 1.82) is 0 Å². The van der Waals surface area contributed by atoms with Gasteiger partial charge in [0.25, 0.3) is 0 Å². The fraction of sp³-hybridized carbons (Fsp3) is 0.177. The van der Waals surface area contributed by atoms with Crippen LogP contribution in [-0.4, -0.2) is 85.0 Å². The van der Waals surface area contributed by atoms with Crippen LogP contribution in [0.5, 0.6) is 0 Å². The predicted octanol–water partition coefficient (Wildman–Crippen LogP) is 19.2. The summed E-state index contributed by atoms with van der Waals surface area (Å²) in [5, 5.41) is 17.1. The van der Waals surface area contributed by atoms with Crippen molar-refractivity contribution < 1.29 is 110 Å². The van der Waals surface area contributed by atoms with Gasteiger partial charge < -0.3 is 39.0 Å². The fourth-order valence-corrected chi connectivity index (χ4v) is 9.00. The number of hydrogen-bond donors (Lipinski definition) is 3.